The van der Waals surface area contributed by atoms with Gasteiger partial charge in [-0.05, 0) is 29.7 Å². The Morgan fingerprint density at radius 1 is 1.40 bits per heavy atom. The van der Waals surface area contributed by atoms with E-state index in [1.807, 2.05) is 34.3 Å². The highest BCUT2D eigenvalue weighted by Crippen LogP contribution is 2.22. The van der Waals surface area contributed by atoms with Gasteiger partial charge in [-0.2, -0.15) is 0 Å². The minimum absolute atomic E-state index is 0.106. The Morgan fingerprint density at radius 2 is 2.30 bits per heavy atom. The summed E-state index contributed by atoms with van der Waals surface area (Å²) in [7, 11) is 1.62. The lowest BCUT2D eigenvalue weighted by atomic mass is 10.2. The van der Waals surface area contributed by atoms with Gasteiger partial charge in [0.05, 0.1) is 6.20 Å². The van der Waals surface area contributed by atoms with Gasteiger partial charge in [0.1, 0.15) is 5.82 Å². The predicted molar refractivity (Wildman–Crippen MR) is 78.1 cm³/mol. The molecule has 3 aromatic rings. The zero-order chi connectivity index (χ0) is 13.9. The van der Waals surface area contributed by atoms with Crippen LogP contribution >= 0.6 is 11.5 Å². The molecule has 0 aliphatic heterocycles. The third-order valence-corrected chi connectivity index (χ3v) is 3.53. The van der Waals surface area contributed by atoms with Crippen molar-refractivity contribution in [3.63, 3.8) is 0 Å². The molecule has 1 N–H and O–H groups in total. The molecule has 6 heteroatoms. The van der Waals surface area contributed by atoms with E-state index in [1.165, 1.54) is 11.5 Å². The van der Waals surface area contributed by atoms with E-state index in [-0.39, 0.29) is 5.91 Å². The highest BCUT2D eigenvalue weighted by Gasteiger charge is 2.10. The minimum Gasteiger partial charge on any atom is -0.355 e. The molecule has 0 fully saturated rings. The van der Waals surface area contributed by atoms with Crippen LogP contribution in [-0.2, 0) is 0 Å². The van der Waals surface area contributed by atoms with Gasteiger partial charge in [-0.15, -0.1) is 0 Å². The van der Waals surface area contributed by atoms with Crippen LogP contribution in [0.4, 0.5) is 0 Å². The van der Waals surface area contributed by atoms with Crippen LogP contribution in [0.3, 0.4) is 0 Å². The Labute approximate surface area is 120 Å². The largest absolute Gasteiger partial charge is 0.355 e. The van der Waals surface area contributed by atoms with Gasteiger partial charge in [0.2, 0.25) is 0 Å². The summed E-state index contributed by atoms with van der Waals surface area (Å²) in [6, 6.07) is 7.42. The molecule has 100 valence electrons. The van der Waals surface area contributed by atoms with Crippen molar-refractivity contribution < 1.29 is 4.79 Å². The van der Waals surface area contributed by atoms with Crippen molar-refractivity contribution in [2.24, 2.45) is 0 Å². The Balaban J connectivity index is 2.06. The van der Waals surface area contributed by atoms with E-state index in [1.54, 1.807) is 25.5 Å². The molecule has 1 amide bonds. The number of amides is 1. The van der Waals surface area contributed by atoms with Gasteiger partial charge in [0.15, 0.2) is 0 Å². The molecule has 1 aromatic carbocycles. The van der Waals surface area contributed by atoms with Gasteiger partial charge in [-0.3, -0.25) is 9.36 Å². The molecule has 3 rings (SSSR count). The van der Waals surface area contributed by atoms with E-state index in [9.17, 15) is 4.79 Å². The average Bonchev–Trinajstić information content (AvgIpc) is 3.16. The van der Waals surface area contributed by atoms with Crippen LogP contribution in [0.2, 0.25) is 0 Å². The zero-order valence-electron chi connectivity index (χ0n) is 10.8. The summed E-state index contributed by atoms with van der Waals surface area (Å²) >= 11 is 1.39. The summed E-state index contributed by atoms with van der Waals surface area (Å²) < 4.78 is 6.04. The van der Waals surface area contributed by atoms with E-state index in [0.29, 0.717) is 5.56 Å². The van der Waals surface area contributed by atoms with Gasteiger partial charge < -0.3 is 5.32 Å². The highest BCUT2D eigenvalue weighted by molar-refractivity contribution is 7.03. The first-order valence-electron chi connectivity index (χ1n) is 6.05. The highest BCUT2D eigenvalue weighted by atomic mass is 32.1. The van der Waals surface area contributed by atoms with Crippen LogP contribution < -0.4 is 5.32 Å². The van der Waals surface area contributed by atoms with Gasteiger partial charge in [0, 0.05) is 41.6 Å². The van der Waals surface area contributed by atoms with E-state index in [4.69, 9.17) is 0 Å². The topological polar surface area (TPSA) is 59.8 Å². The quantitative estimate of drug-likeness (QED) is 0.803. The van der Waals surface area contributed by atoms with Crippen LogP contribution in [-0.4, -0.2) is 26.9 Å². The molecule has 0 unspecified atom stereocenters. The Hall–Kier alpha value is -2.47. The average molecular weight is 284 g/mol. The molecule has 0 aliphatic rings. The predicted octanol–water partition coefficient (Wildman–Crippen LogP) is 2.36. The normalized spacial score (nSPS) is 10.4. The van der Waals surface area contributed by atoms with Gasteiger partial charge in [0.25, 0.3) is 5.91 Å². The second-order valence-electron chi connectivity index (χ2n) is 4.16. The number of hydrogen-bond acceptors (Lipinski definition) is 4. The van der Waals surface area contributed by atoms with Crippen molar-refractivity contribution >= 4 is 17.4 Å². The van der Waals surface area contributed by atoms with E-state index in [0.717, 1.165) is 17.1 Å². The maximum atomic E-state index is 11.7. The fraction of sp³-hybridized carbons (Fsp3) is 0.0714. The van der Waals surface area contributed by atoms with Crippen molar-refractivity contribution in [1.82, 2.24) is 19.2 Å². The number of benzene rings is 1. The first-order valence-corrected chi connectivity index (χ1v) is 6.89. The van der Waals surface area contributed by atoms with Crippen LogP contribution in [0.25, 0.3) is 17.1 Å². The molecule has 2 heterocycles. The Kier molecular flexibility index (Phi) is 3.30. The van der Waals surface area contributed by atoms with Gasteiger partial charge in [-0.1, -0.05) is 6.07 Å². The fourth-order valence-corrected chi connectivity index (χ4v) is 2.50. The molecule has 5 nitrogen and oxygen atoms in total. The molecule has 0 atom stereocenters. The Bertz CT molecular complexity index is 733. The number of nitrogens with one attached hydrogen (secondary N) is 1. The van der Waals surface area contributed by atoms with Crippen LogP contribution in [0.1, 0.15) is 10.4 Å². The molecular weight excluding hydrogens is 272 g/mol. The number of rotatable bonds is 3. The summed E-state index contributed by atoms with van der Waals surface area (Å²) in [6.07, 6.45) is 5.39. The van der Waals surface area contributed by atoms with Crippen LogP contribution in [0.15, 0.2) is 48.2 Å². The SMILES string of the molecule is CNC(=O)c1cccc(-n2ccnc2-c2cnsc2)c1. The number of nitrogens with zero attached hydrogens (tertiary/aromatic N) is 3. The summed E-state index contributed by atoms with van der Waals surface area (Å²) in [4.78, 5) is 16.1. The number of aromatic nitrogens is 3. The number of carbonyl (C=O) groups is 1. The summed E-state index contributed by atoms with van der Waals surface area (Å²) in [5.41, 5.74) is 2.48. The number of carbonyl (C=O) groups excluding carboxylic acids is 1. The van der Waals surface area contributed by atoms with Crippen molar-refractivity contribution in [1.29, 1.82) is 0 Å². The van der Waals surface area contributed by atoms with Crippen molar-refractivity contribution in [3.05, 3.63) is 53.8 Å². The van der Waals surface area contributed by atoms with Crippen molar-refractivity contribution in [2.45, 2.75) is 0 Å². The summed E-state index contributed by atoms with van der Waals surface area (Å²) in [5.74, 6) is 0.707. The second-order valence-corrected chi connectivity index (χ2v) is 4.82. The lowest BCUT2D eigenvalue weighted by Crippen LogP contribution is -2.17. The van der Waals surface area contributed by atoms with E-state index in [2.05, 4.69) is 14.7 Å². The van der Waals surface area contributed by atoms with Crippen LogP contribution in [0.5, 0.6) is 0 Å². The van der Waals surface area contributed by atoms with Gasteiger partial charge >= 0.3 is 0 Å². The molecule has 0 saturated carbocycles. The first kappa shape index (κ1) is 12.6. The maximum absolute atomic E-state index is 11.7. The van der Waals surface area contributed by atoms with Crippen molar-refractivity contribution in [2.75, 3.05) is 7.05 Å². The fourth-order valence-electron chi connectivity index (χ4n) is 1.98. The smallest absolute Gasteiger partial charge is 0.251 e. The molecule has 0 radical (unpaired) electrons. The molecule has 0 saturated heterocycles. The minimum atomic E-state index is -0.106. The maximum Gasteiger partial charge on any atom is 0.251 e. The first-order chi connectivity index (χ1) is 9.79. The van der Waals surface area contributed by atoms with E-state index < -0.39 is 0 Å². The summed E-state index contributed by atoms with van der Waals surface area (Å²) in [6.45, 7) is 0. The second kappa shape index (κ2) is 5.26. The molecule has 0 aliphatic carbocycles. The molecular formula is C14H12N4OS. The number of hydrogen-bond donors (Lipinski definition) is 1. The molecule has 2 aromatic heterocycles. The number of imidazole rings is 1. The van der Waals surface area contributed by atoms with E-state index >= 15 is 0 Å². The lowest BCUT2D eigenvalue weighted by molar-refractivity contribution is 0.0963. The zero-order valence-corrected chi connectivity index (χ0v) is 11.6. The lowest BCUT2D eigenvalue weighted by Gasteiger charge is -2.08. The molecule has 0 bridgehead atoms. The van der Waals surface area contributed by atoms with Crippen molar-refractivity contribution in [3.8, 4) is 17.1 Å². The Morgan fingerprint density at radius 3 is 3.05 bits per heavy atom. The third-order valence-electron chi connectivity index (χ3n) is 2.94. The van der Waals surface area contributed by atoms with Gasteiger partial charge in [-0.25, -0.2) is 9.36 Å². The monoisotopic (exact) mass is 284 g/mol. The third kappa shape index (κ3) is 2.21. The molecule has 0 spiro atoms. The molecule has 20 heavy (non-hydrogen) atoms. The summed E-state index contributed by atoms with van der Waals surface area (Å²) in [5, 5.41) is 4.57. The standard InChI is InChI=1S/C14H12N4OS/c1-15-14(19)10-3-2-4-12(7-10)18-6-5-16-13(18)11-8-17-20-9-11/h2-9H,1H3,(H,15,19). The van der Waals surface area contributed by atoms with Crippen LogP contribution in [0, 0.1) is 0 Å².